The monoisotopic (exact) mass is 284 g/mol. The van der Waals surface area contributed by atoms with Crippen molar-refractivity contribution in [1.29, 1.82) is 0 Å². The van der Waals surface area contributed by atoms with Gasteiger partial charge in [0.1, 0.15) is 18.2 Å². The van der Waals surface area contributed by atoms with Gasteiger partial charge in [0.25, 0.3) is 0 Å². The Morgan fingerprint density at radius 3 is 2.70 bits per heavy atom. The molecule has 0 radical (unpaired) electrons. The normalized spacial score (nSPS) is 10.4. The van der Waals surface area contributed by atoms with Crippen LogP contribution < -0.4 is 4.74 Å². The third-order valence-electron chi connectivity index (χ3n) is 2.92. The molecule has 4 heteroatoms. The first-order valence-corrected chi connectivity index (χ1v) is 6.66. The number of hydrogen-bond acceptors (Lipinski definition) is 2. The molecule has 20 heavy (non-hydrogen) atoms. The van der Waals surface area contributed by atoms with E-state index < -0.39 is 0 Å². The number of aromatic amines is 1. The van der Waals surface area contributed by atoms with Crippen molar-refractivity contribution in [3.8, 4) is 17.1 Å². The quantitative estimate of drug-likeness (QED) is 0.775. The highest BCUT2D eigenvalue weighted by Crippen LogP contribution is 2.21. The smallest absolute Gasteiger partial charge is 0.137 e. The molecule has 0 atom stereocenters. The van der Waals surface area contributed by atoms with Crippen LogP contribution in [0.4, 0.5) is 0 Å². The van der Waals surface area contributed by atoms with Gasteiger partial charge in [0.2, 0.25) is 0 Å². The summed E-state index contributed by atoms with van der Waals surface area (Å²) in [5.41, 5.74) is 2.08. The Morgan fingerprint density at radius 1 is 1.10 bits per heavy atom. The van der Waals surface area contributed by atoms with Crippen molar-refractivity contribution in [1.82, 2.24) is 9.97 Å². The van der Waals surface area contributed by atoms with E-state index in [9.17, 15) is 0 Å². The lowest BCUT2D eigenvalue weighted by Gasteiger charge is -2.07. The van der Waals surface area contributed by atoms with Gasteiger partial charge in [-0.05, 0) is 29.8 Å². The van der Waals surface area contributed by atoms with E-state index in [1.54, 1.807) is 12.4 Å². The minimum Gasteiger partial charge on any atom is -0.489 e. The maximum atomic E-state index is 5.86. The molecule has 0 aliphatic rings. The number of ether oxygens (including phenoxy) is 1. The molecular formula is C16H13ClN2O. The number of hydrogen-bond donors (Lipinski definition) is 1. The van der Waals surface area contributed by atoms with Crippen molar-refractivity contribution < 1.29 is 4.74 Å². The highest BCUT2D eigenvalue weighted by Gasteiger charge is 2.02. The fourth-order valence-electron chi connectivity index (χ4n) is 1.90. The lowest BCUT2D eigenvalue weighted by atomic mass is 10.2. The van der Waals surface area contributed by atoms with E-state index in [1.807, 2.05) is 48.5 Å². The zero-order valence-corrected chi connectivity index (χ0v) is 11.5. The number of H-pyrrole nitrogens is 1. The zero-order chi connectivity index (χ0) is 13.8. The van der Waals surface area contributed by atoms with E-state index in [0.717, 1.165) is 27.7 Å². The second-order valence-electron chi connectivity index (χ2n) is 4.38. The number of aromatic nitrogens is 2. The van der Waals surface area contributed by atoms with Crippen LogP contribution in [-0.4, -0.2) is 9.97 Å². The number of halogens is 1. The van der Waals surface area contributed by atoms with Gasteiger partial charge in [0, 0.05) is 23.0 Å². The third-order valence-corrected chi connectivity index (χ3v) is 3.18. The Bertz CT molecular complexity index is 678. The summed E-state index contributed by atoms with van der Waals surface area (Å²) < 4.78 is 5.79. The third kappa shape index (κ3) is 3.00. The summed E-state index contributed by atoms with van der Waals surface area (Å²) in [7, 11) is 0. The molecule has 0 unspecified atom stereocenters. The Kier molecular flexibility index (Phi) is 3.70. The summed E-state index contributed by atoms with van der Waals surface area (Å²) in [6.07, 6.45) is 3.53. The summed E-state index contributed by atoms with van der Waals surface area (Å²) in [6.45, 7) is 0.513. The molecule has 0 aliphatic heterocycles. The number of benzene rings is 2. The molecule has 0 spiro atoms. The maximum Gasteiger partial charge on any atom is 0.137 e. The van der Waals surface area contributed by atoms with Gasteiger partial charge < -0.3 is 9.72 Å². The average molecular weight is 285 g/mol. The maximum absolute atomic E-state index is 5.86. The number of nitrogens with zero attached hydrogens (tertiary/aromatic N) is 1. The van der Waals surface area contributed by atoms with Crippen molar-refractivity contribution in [3.05, 3.63) is 71.5 Å². The highest BCUT2D eigenvalue weighted by molar-refractivity contribution is 6.30. The molecule has 0 saturated carbocycles. The Labute approximate surface area is 122 Å². The lowest BCUT2D eigenvalue weighted by molar-refractivity contribution is 0.306. The van der Waals surface area contributed by atoms with Crippen molar-refractivity contribution in [2.75, 3.05) is 0 Å². The molecule has 1 heterocycles. The second kappa shape index (κ2) is 5.80. The van der Waals surface area contributed by atoms with Gasteiger partial charge in [-0.15, -0.1) is 0 Å². The second-order valence-corrected chi connectivity index (χ2v) is 4.82. The zero-order valence-electron chi connectivity index (χ0n) is 10.7. The van der Waals surface area contributed by atoms with Crippen LogP contribution in [0, 0.1) is 0 Å². The van der Waals surface area contributed by atoms with Crippen LogP contribution in [0.15, 0.2) is 60.9 Å². The SMILES string of the molecule is Clc1ccc(COc2cccc(-c3ncc[nH]3)c2)cc1. The summed E-state index contributed by atoms with van der Waals surface area (Å²) in [4.78, 5) is 7.31. The van der Waals surface area contributed by atoms with E-state index in [2.05, 4.69) is 9.97 Å². The molecule has 1 N–H and O–H groups in total. The Hall–Kier alpha value is -2.26. The molecule has 0 bridgehead atoms. The first-order valence-electron chi connectivity index (χ1n) is 6.28. The molecule has 3 nitrogen and oxygen atoms in total. The molecule has 3 aromatic rings. The van der Waals surface area contributed by atoms with Gasteiger partial charge in [-0.1, -0.05) is 35.9 Å². The van der Waals surface area contributed by atoms with Gasteiger partial charge in [-0.2, -0.15) is 0 Å². The molecule has 0 saturated heterocycles. The summed E-state index contributed by atoms with van der Waals surface area (Å²) in [5.74, 6) is 1.65. The van der Waals surface area contributed by atoms with Gasteiger partial charge in [0.05, 0.1) is 0 Å². The molecular weight excluding hydrogens is 272 g/mol. The lowest BCUT2D eigenvalue weighted by Crippen LogP contribution is -1.95. The van der Waals surface area contributed by atoms with Crippen LogP contribution >= 0.6 is 11.6 Å². The van der Waals surface area contributed by atoms with Crippen LogP contribution in [0.3, 0.4) is 0 Å². The van der Waals surface area contributed by atoms with E-state index >= 15 is 0 Å². The Morgan fingerprint density at radius 2 is 1.95 bits per heavy atom. The highest BCUT2D eigenvalue weighted by atomic mass is 35.5. The van der Waals surface area contributed by atoms with Crippen molar-refractivity contribution >= 4 is 11.6 Å². The van der Waals surface area contributed by atoms with Gasteiger partial charge in [-0.25, -0.2) is 4.98 Å². The van der Waals surface area contributed by atoms with Crippen molar-refractivity contribution in [2.24, 2.45) is 0 Å². The molecule has 1 aromatic heterocycles. The minimum atomic E-state index is 0.513. The predicted octanol–water partition coefficient (Wildman–Crippen LogP) is 4.31. The first kappa shape index (κ1) is 12.8. The Balaban J connectivity index is 1.72. The molecule has 100 valence electrons. The van der Waals surface area contributed by atoms with Crippen LogP contribution in [0.1, 0.15) is 5.56 Å². The number of nitrogens with one attached hydrogen (secondary N) is 1. The summed E-state index contributed by atoms with van der Waals surface area (Å²) >= 11 is 5.86. The molecule has 0 amide bonds. The molecule has 0 fully saturated rings. The van der Waals surface area contributed by atoms with Gasteiger partial charge in [0.15, 0.2) is 0 Å². The average Bonchev–Trinajstić information content (AvgIpc) is 3.01. The van der Waals surface area contributed by atoms with E-state index in [0.29, 0.717) is 6.61 Å². The predicted molar refractivity (Wildman–Crippen MR) is 79.8 cm³/mol. The fraction of sp³-hybridized carbons (Fsp3) is 0.0625. The van der Waals surface area contributed by atoms with E-state index in [4.69, 9.17) is 16.3 Å². The topological polar surface area (TPSA) is 37.9 Å². The van der Waals surface area contributed by atoms with Crippen molar-refractivity contribution in [3.63, 3.8) is 0 Å². The standard InChI is InChI=1S/C16H13ClN2O/c17-14-6-4-12(5-7-14)11-20-15-3-1-2-13(10-15)16-18-8-9-19-16/h1-10H,11H2,(H,18,19). The fourth-order valence-corrected chi connectivity index (χ4v) is 2.03. The van der Waals surface area contributed by atoms with Gasteiger partial charge >= 0.3 is 0 Å². The molecule has 0 aliphatic carbocycles. The summed E-state index contributed by atoms with van der Waals surface area (Å²) in [6, 6.07) is 15.5. The van der Waals surface area contributed by atoms with E-state index in [1.165, 1.54) is 0 Å². The van der Waals surface area contributed by atoms with Crippen molar-refractivity contribution in [2.45, 2.75) is 6.61 Å². The largest absolute Gasteiger partial charge is 0.489 e. The minimum absolute atomic E-state index is 0.513. The van der Waals surface area contributed by atoms with Crippen LogP contribution in [0.25, 0.3) is 11.4 Å². The van der Waals surface area contributed by atoms with Gasteiger partial charge in [-0.3, -0.25) is 0 Å². The van der Waals surface area contributed by atoms with Crippen LogP contribution in [-0.2, 0) is 6.61 Å². The molecule has 2 aromatic carbocycles. The molecule has 3 rings (SSSR count). The van der Waals surface area contributed by atoms with Crippen LogP contribution in [0.5, 0.6) is 5.75 Å². The first-order chi connectivity index (χ1) is 9.81. The summed E-state index contributed by atoms with van der Waals surface area (Å²) in [5, 5.41) is 0.730. The van der Waals surface area contributed by atoms with Crippen LogP contribution in [0.2, 0.25) is 5.02 Å². The number of imidazole rings is 1. The van der Waals surface area contributed by atoms with E-state index in [-0.39, 0.29) is 0 Å². The number of rotatable bonds is 4.